The van der Waals surface area contributed by atoms with Crippen LogP contribution in [0, 0.1) is 6.92 Å². The number of nitrogens with one attached hydrogen (secondary N) is 1. The van der Waals surface area contributed by atoms with Crippen LogP contribution in [0.15, 0.2) is 30.3 Å². The first-order valence-corrected chi connectivity index (χ1v) is 9.35. The Hall–Kier alpha value is -2.14. The van der Waals surface area contributed by atoms with Gasteiger partial charge in [-0.1, -0.05) is 12.1 Å². The van der Waals surface area contributed by atoms with Crippen molar-refractivity contribution in [1.29, 1.82) is 0 Å². The van der Waals surface area contributed by atoms with Gasteiger partial charge >= 0.3 is 0 Å². The lowest BCUT2D eigenvalue weighted by Gasteiger charge is -2.08. The molecule has 0 bridgehead atoms. The van der Waals surface area contributed by atoms with Crippen molar-refractivity contribution in [1.82, 2.24) is 14.9 Å². The zero-order valence-electron chi connectivity index (χ0n) is 13.8. The summed E-state index contributed by atoms with van der Waals surface area (Å²) < 4.78 is 2.16. The van der Waals surface area contributed by atoms with E-state index in [2.05, 4.69) is 27.0 Å². The zero-order valence-corrected chi connectivity index (χ0v) is 14.7. The van der Waals surface area contributed by atoms with Crippen LogP contribution >= 0.6 is 11.3 Å². The fraction of sp³-hybridized carbons (Fsp3) is 0.368. The Bertz CT molecular complexity index is 870. The van der Waals surface area contributed by atoms with E-state index in [9.17, 15) is 4.79 Å². The minimum Gasteiger partial charge on any atom is -0.350 e. The Kier molecular flexibility index (Phi) is 4.10. The first kappa shape index (κ1) is 15.4. The van der Waals surface area contributed by atoms with Crippen LogP contribution in [-0.4, -0.2) is 22.0 Å². The van der Waals surface area contributed by atoms with Crippen molar-refractivity contribution in [2.75, 3.05) is 6.54 Å². The largest absolute Gasteiger partial charge is 0.350 e. The van der Waals surface area contributed by atoms with Gasteiger partial charge in [0, 0.05) is 18.0 Å². The van der Waals surface area contributed by atoms with E-state index in [1.807, 2.05) is 25.1 Å². The van der Waals surface area contributed by atoms with Gasteiger partial charge in [0.25, 0.3) is 5.91 Å². The van der Waals surface area contributed by atoms with Gasteiger partial charge in [-0.05, 0) is 56.4 Å². The van der Waals surface area contributed by atoms with Crippen LogP contribution in [0.4, 0.5) is 0 Å². The molecule has 0 atom stereocenters. The maximum absolute atomic E-state index is 12.4. The predicted molar refractivity (Wildman–Crippen MR) is 97.8 cm³/mol. The van der Waals surface area contributed by atoms with E-state index < -0.39 is 0 Å². The summed E-state index contributed by atoms with van der Waals surface area (Å²) in [5, 5.41) is 3.06. The Labute approximate surface area is 145 Å². The highest BCUT2D eigenvalue weighted by atomic mass is 32.1. The smallest absolute Gasteiger partial charge is 0.261 e. The molecule has 4 rings (SSSR count). The molecule has 0 spiro atoms. The Morgan fingerprint density at radius 3 is 3.00 bits per heavy atom. The lowest BCUT2D eigenvalue weighted by molar-refractivity contribution is 0.0956. The second-order valence-electron chi connectivity index (χ2n) is 6.32. The lowest BCUT2D eigenvalue weighted by Crippen LogP contribution is -2.26. The number of carbonyl (C=O) groups is 1. The van der Waals surface area contributed by atoms with E-state index in [-0.39, 0.29) is 5.91 Å². The van der Waals surface area contributed by atoms with Crippen molar-refractivity contribution < 1.29 is 4.79 Å². The molecular formula is C19H21N3OS. The molecule has 3 aromatic rings. The summed E-state index contributed by atoms with van der Waals surface area (Å²) in [6, 6.07) is 10.2. The normalized spacial score (nSPS) is 13.9. The van der Waals surface area contributed by atoms with Gasteiger partial charge in [-0.3, -0.25) is 4.79 Å². The molecule has 0 saturated carbocycles. The molecule has 0 unspecified atom stereocenters. The number of imidazole rings is 1. The molecule has 0 radical (unpaired) electrons. The summed E-state index contributed by atoms with van der Waals surface area (Å²) in [5.74, 6) is 1.04. The maximum Gasteiger partial charge on any atom is 0.261 e. The van der Waals surface area contributed by atoms with Gasteiger partial charge in [0.05, 0.1) is 15.9 Å². The van der Waals surface area contributed by atoms with Gasteiger partial charge < -0.3 is 9.88 Å². The average Bonchev–Trinajstić information content (AvgIpc) is 3.16. The van der Waals surface area contributed by atoms with Crippen LogP contribution in [0.3, 0.4) is 0 Å². The number of amides is 1. The SMILES string of the molecule is Cc1nc2ccccc2n1CCNC(=O)c1cc2c(s1)CCCC2. The van der Waals surface area contributed by atoms with Gasteiger partial charge in [0.2, 0.25) is 0 Å². The van der Waals surface area contributed by atoms with E-state index in [1.165, 1.54) is 23.3 Å². The van der Waals surface area contributed by atoms with Crippen molar-refractivity contribution in [2.24, 2.45) is 0 Å². The molecule has 124 valence electrons. The third kappa shape index (κ3) is 2.84. The minimum atomic E-state index is 0.0523. The minimum absolute atomic E-state index is 0.0523. The van der Waals surface area contributed by atoms with E-state index in [0.29, 0.717) is 6.54 Å². The fourth-order valence-electron chi connectivity index (χ4n) is 3.45. The number of aryl methyl sites for hydroxylation is 3. The molecule has 24 heavy (non-hydrogen) atoms. The van der Waals surface area contributed by atoms with Crippen molar-refractivity contribution >= 4 is 28.3 Å². The van der Waals surface area contributed by atoms with Crippen LogP contribution in [0.25, 0.3) is 11.0 Å². The number of carbonyl (C=O) groups excluding carboxylic acids is 1. The average molecular weight is 339 g/mol. The van der Waals surface area contributed by atoms with Crippen molar-refractivity contribution in [2.45, 2.75) is 39.2 Å². The number of aromatic nitrogens is 2. The summed E-state index contributed by atoms with van der Waals surface area (Å²) in [5.41, 5.74) is 3.51. The number of rotatable bonds is 4. The number of hydrogen-bond donors (Lipinski definition) is 1. The molecule has 1 aliphatic rings. The number of hydrogen-bond acceptors (Lipinski definition) is 3. The van der Waals surface area contributed by atoms with Gasteiger partial charge in [-0.15, -0.1) is 11.3 Å². The quantitative estimate of drug-likeness (QED) is 0.787. The highest BCUT2D eigenvalue weighted by molar-refractivity contribution is 7.14. The standard InChI is InChI=1S/C19H21N3OS/c1-13-21-15-7-3-4-8-16(15)22(13)11-10-20-19(23)18-12-14-6-2-5-9-17(14)24-18/h3-4,7-8,12H,2,5-6,9-11H2,1H3,(H,20,23). The van der Waals surface area contributed by atoms with Crippen molar-refractivity contribution in [3.8, 4) is 0 Å². The van der Waals surface area contributed by atoms with Gasteiger partial charge in [-0.2, -0.15) is 0 Å². The van der Waals surface area contributed by atoms with Crippen molar-refractivity contribution in [3.63, 3.8) is 0 Å². The molecule has 0 aliphatic heterocycles. The molecule has 4 nitrogen and oxygen atoms in total. The van der Waals surface area contributed by atoms with Crippen LogP contribution in [0.2, 0.25) is 0 Å². The van der Waals surface area contributed by atoms with E-state index in [0.717, 1.165) is 41.1 Å². The Balaban J connectivity index is 1.42. The number of thiophene rings is 1. The van der Waals surface area contributed by atoms with Crippen LogP contribution in [0.5, 0.6) is 0 Å². The zero-order chi connectivity index (χ0) is 16.5. The summed E-state index contributed by atoms with van der Waals surface area (Å²) in [6.07, 6.45) is 4.76. The highest BCUT2D eigenvalue weighted by Crippen LogP contribution is 2.29. The van der Waals surface area contributed by atoms with E-state index >= 15 is 0 Å². The first-order valence-electron chi connectivity index (χ1n) is 8.54. The lowest BCUT2D eigenvalue weighted by atomic mass is 9.99. The fourth-order valence-corrected chi connectivity index (χ4v) is 4.62. The number of fused-ring (bicyclic) bond motifs is 2. The number of para-hydroxylation sites is 2. The molecular weight excluding hydrogens is 318 g/mol. The summed E-state index contributed by atoms with van der Waals surface area (Å²) >= 11 is 1.67. The molecule has 0 saturated heterocycles. The van der Waals surface area contributed by atoms with Gasteiger partial charge in [0.15, 0.2) is 0 Å². The summed E-state index contributed by atoms with van der Waals surface area (Å²) in [6.45, 7) is 3.36. The first-order chi connectivity index (χ1) is 11.7. The summed E-state index contributed by atoms with van der Waals surface area (Å²) in [4.78, 5) is 19.2. The van der Waals surface area contributed by atoms with Gasteiger partial charge in [-0.25, -0.2) is 4.98 Å². The third-order valence-electron chi connectivity index (χ3n) is 4.69. The van der Waals surface area contributed by atoms with Crippen LogP contribution in [0.1, 0.15) is 38.8 Å². The molecule has 1 N–H and O–H groups in total. The molecule has 2 aromatic heterocycles. The topological polar surface area (TPSA) is 46.9 Å². The highest BCUT2D eigenvalue weighted by Gasteiger charge is 2.17. The van der Waals surface area contributed by atoms with E-state index in [4.69, 9.17) is 0 Å². The monoisotopic (exact) mass is 339 g/mol. The molecule has 1 aliphatic carbocycles. The van der Waals surface area contributed by atoms with Crippen molar-refractivity contribution in [3.05, 3.63) is 51.5 Å². The van der Waals surface area contributed by atoms with E-state index in [1.54, 1.807) is 11.3 Å². The second kappa shape index (κ2) is 6.40. The number of benzene rings is 1. The summed E-state index contributed by atoms with van der Waals surface area (Å²) in [7, 11) is 0. The predicted octanol–water partition coefficient (Wildman–Crippen LogP) is 3.72. The Morgan fingerprint density at radius 1 is 1.29 bits per heavy atom. The molecule has 0 fully saturated rings. The molecule has 5 heteroatoms. The van der Waals surface area contributed by atoms with Gasteiger partial charge in [0.1, 0.15) is 5.82 Å². The Morgan fingerprint density at radius 2 is 2.12 bits per heavy atom. The number of nitrogens with zero attached hydrogens (tertiary/aromatic N) is 2. The third-order valence-corrected chi connectivity index (χ3v) is 5.92. The second-order valence-corrected chi connectivity index (χ2v) is 7.46. The van der Waals surface area contributed by atoms with Crippen LogP contribution in [-0.2, 0) is 19.4 Å². The molecule has 2 heterocycles. The maximum atomic E-state index is 12.4. The van der Waals surface area contributed by atoms with Crippen LogP contribution < -0.4 is 5.32 Å². The molecule has 1 amide bonds. The molecule has 1 aromatic carbocycles.